The van der Waals surface area contributed by atoms with Gasteiger partial charge >= 0.3 is 184 Å². The van der Waals surface area contributed by atoms with Crippen LogP contribution in [-0.4, -0.2) is 24.3 Å². The van der Waals surface area contributed by atoms with Crippen LogP contribution in [0.4, 0.5) is 0 Å². The molecule has 32 heavy (non-hydrogen) atoms. The van der Waals surface area contributed by atoms with E-state index in [-0.39, 0.29) is 5.97 Å². The van der Waals surface area contributed by atoms with Crippen LogP contribution in [0, 0.1) is 0 Å². The van der Waals surface area contributed by atoms with Crippen LogP contribution in [0.3, 0.4) is 0 Å². The monoisotopic (exact) mass is 546 g/mol. The number of carbonyl (C=O) groups is 1. The summed E-state index contributed by atoms with van der Waals surface area (Å²) in [7, 11) is -0.856. The van der Waals surface area contributed by atoms with Gasteiger partial charge in [0.25, 0.3) is 0 Å². The fraction of sp³-hybridized carbons (Fsp3) is 0.107. The Morgan fingerprint density at radius 3 is 1.69 bits per heavy atom. The van der Waals surface area contributed by atoms with Gasteiger partial charge < -0.3 is 0 Å². The van der Waals surface area contributed by atoms with Crippen LogP contribution in [-0.2, 0) is 0 Å². The summed E-state index contributed by atoms with van der Waals surface area (Å²) >= 11 is -2.16. The van der Waals surface area contributed by atoms with Crippen molar-refractivity contribution >= 4 is 51.8 Å². The Bertz CT molecular complexity index is 1140. The fourth-order valence-electron chi connectivity index (χ4n) is 3.57. The van der Waals surface area contributed by atoms with E-state index in [9.17, 15) is 4.79 Å². The van der Waals surface area contributed by atoms with E-state index in [0.717, 1.165) is 5.30 Å². The van der Waals surface area contributed by atoms with Gasteiger partial charge in [0.05, 0.1) is 0 Å². The molecule has 0 amide bonds. The van der Waals surface area contributed by atoms with Crippen molar-refractivity contribution < 1.29 is 9.53 Å². The van der Waals surface area contributed by atoms with Crippen LogP contribution in [0.25, 0.3) is 0 Å². The Kier molecular flexibility index (Phi) is 7.13. The maximum absolute atomic E-state index is 13.0. The number of hydrogen-bond donors (Lipinski definition) is 0. The van der Waals surface area contributed by atoms with Crippen LogP contribution >= 0.6 is 7.92 Å². The summed E-state index contributed by atoms with van der Waals surface area (Å²) in [5.41, 5.74) is 0.586. The third kappa shape index (κ3) is 5.31. The van der Waals surface area contributed by atoms with E-state index in [1.165, 1.54) is 14.2 Å². The third-order valence-electron chi connectivity index (χ3n) is 5.32. The summed E-state index contributed by atoms with van der Waals surface area (Å²) in [6, 6.07) is 36.8. The number of rotatable bonds is 6. The van der Waals surface area contributed by atoms with Crippen molar-refractivity contribution in [2.45, 2.75) is 14.8 Å². The van der Waals surface area contributed by atoms with E-state index in [1.807, 2.05) is 42.5 Å². The molecule has 0 atom stereocenters. The maximum atomic E-state index is 13.0. The zero-order valence-corrected chi connectivity index (χ0v) is 22.4. The van der Waals surface area contributed by atoms with Crippen molar-refractivity contribution in [2.24, 2.45) is 0 Å². The molecule has 4 aromatic carbocycles. The molecule has 0 aliphatic heterocycles. The summed E-state index contributed by atoms with van der Waals surface area (Å²) in [6.07, 6.45) is 0. The molecule has 0 heterocycles. The van der Waals surface area contributed by atoms with Crippen molar-refractivity contribution in [1.82, 2.24) is 0 Å². The van der Waals surface area contributed by atoms with Gasteiger partial charge in [-0.3, -0.25) is 0 Å². The second-order valence-corrected chi connectivity index (χ2v) is 25.4. The molecule has 0 N–H and O–H groups in total. The minimum absolute atomic E-state index is 0.316. The molecule has 0 radical (unpaired) electrons. The van der Waals surface area contributed by atoms with E-state index in [2.05, 4.69) is 81.5 Å². The number of ether oxygens (including phenoxy) is 1. The molecule has 0 bridgehead atoms. The second-order valence-electron chi connectivity index (χ2n) is 8.69. The van der Waals surface area contributed by atoms with E-state index in [4.69, 9.17) is 4.74 Å². The Morgan fingerprint density at radius 2 is 1.16 bits per heavy atom. The molecule has 0 spiro atoms. The van der Waals surface area contributed by atoms with E-state index < -0.39 is 26.3 Å². The van der Waals surface area contributed by atoms with Gasteiger partial charge in [0.15, 0.2) is 0 Å². The molecule has 0 aliphatic rings. The molecule has 0 saturated carbocycles. The quantitative estimate of drug-likeness (QED) is 0.144. The van der Waals surface area contributed by atoms with E-state index >= 15 is 0 Å². The Morgan fingerprint density at radius 1 is 0.656 bits per heavy atom. The van der Waals surface area contributed by atoms with E-state index in [0.29, 0.717) is 11.3 Å². The van der Waals surface area contributed by atoms with Crippen LogP contribution in [0.1, 0.15) is 10.4 Å². The first-order valence-electron chi connectivity index (χ1n) is 10.8. The van der Waals surface area contributed by atoms with Crippen molar-refractivity contribution in [3.05, 3.63) is 115 Å². The van der Waals surface area contributed by atoms with Crippen LogP contribution in [0.5, 0.6) is 5.75 Å². The Hall–Kier alpha value is -2.42. The molecule has 0 aromatic heterocycles. The number of para-hydroxylation sites is 1. The molecule has 4 heteroatoms. The molecule has 4 rings (SSSR count). The Labute approximate surface area is 195 Å². The molecule has 2 nitrogen and oxygen atoms in total. The molecule has 0 aliphatic carbocycles. The molecule has 0 unspecified atom stereocenters. The van der Waals surface area contributed by atoms with Gasteiger partial charge in [0.1, 0.15) is 0 Å². The Balaban J connectivity index is 1.69. The van der Waals surface area contributed by atoms with Gasteiger partial charge in [-0.25, -0.2) is 0 Å². The second kappa shape index (κ2) is 10.0. The van der Waals surface area contributed by atoms with Gasteiger partial charge in [-0.2, -0.15) is 0 Å². The fourth-order valence-corrected chi connectivity index (χ4v) is 9.28. The van der Waals surface area contributed by atoms with Crippen LogP contribution < -0.4 is 24.2 Å². The SMILES string of the molecule is [CH3][Sn]([CH3])([CH3])[c]1ccc(C(=O)Oc2ccccc2P(c2ccccc2)c2ccccc2)cc1. The molecule has 4 aromatic rings. The first-order valence-corrected chi connectivity index (χ1v) is 22.1. The predicted molar refractivity (Wildman–Crippen MR) is 140 cm³/mol. The minimum atomic E-state index is -2.16. The average molecular weight is 545 g/mol. The number of benzene rings is 4. The van der Waals surface area contributed by atoms with Gasteiger partial charge in [-0.1, -0.05) is 12.1 Å². The first kappa shape index (κ1) is 22.8. The normalized spacial score (nSPS) is 11.4. The molecular weight excluding hydrogens is 518 g/mol. The van der Waals surface area contributed by atoms with Crippen LogP contribution in [0.2, 0.25) is 14.8 Å². The molecular formula is C28H27O2PSn. The number of carbonyl (C=O) groups excluding carboxylic acids is 1. The van der Waals surface area contributed by atoms with Crippen molar-refractivity contribution in [2.75, 3.05) is 0 Å². The van der Waals surface area contributed by atoms with Gasteiger partial charge in [0, 0.05) is 0 Å². The molecule has 160 valence electrons. The molecule has 0 fully saturated rings. The first-order chi connectivity index (χ1) is 15.4. The van der Waals surface area contributed by atoms with Gasteiger partial charge in [-0.05, 0) is 0 Å². The number of hydrogen-bond acceptors (Lipinski definition) is 2. The summed E-state index contributed by atoms with van der Waals surface area (Å²) < 4.78 is 7.37. The zero-order chi connectivity index (χ0) is 22.6. The van der Waals surface area contributed by atoms with Crippen molar-refractivity contribution in [3.8, 4) is 5.75 Å². The van der Waals surface area contributed by atoms with Gasteiger partial charge in [0.2, 0.25) is 0 Å². The van der Waals surface area contributed by atoms with Crippen molar-refractivity contribution in [3.63, 3.8) is 0 Å². The van der Waals surface area contributed by atoms with Gasteiger partial charge in [-0.15, -0.1) is 0 Å². The standard InChI is InChI=1S/C25H18O2P.3CH3.Sn/c26-25(20-12-4-1-5-13-20)27-23-18-10-11-19-24(23)28(21-14-6-2-7-15-21)22-16-8-3-9-17-22;;;;/h2-19H;3*1H3;. The average Bonchev–Trinajstić information content (AvgIpc) is 2.81. The van der Waals surface area contributed by atoms with Crippen LogP contribution in [0.15, 0.2) is 109 Å². The van der Waals surface area contributed by atoms with E-state index in [1.54, 1.807) is 0 Å². The number of esters is 1. The summed E-state index contributed by atoms with van der Waals surface area (Å²) in [5, 5.41) is 3.48. The summed E-state index contributed by atoms with van der Waals surface area (Å²) in [6.45, 7) is 0. The topological polar surface area (TPSA) is 26.3 Å². The third-order valence-corrected chi connectivity index (χ3v) is 13.7. The predicted octanol–water partition coefficient (Wildman–Crippen LogP) is 5.21. The zero-order valence-electron chi connectivity index (χ0n) is 18.7. The van der Waals surface area contributed by atoms with Crippen molar-refractivity contribution in [1.29, 1.82) is 0 Å². The summed E-state index contributed by atoms with van der Waals surface area (Å²) in [5.74, 6) is 0.305. The molecule has 0 saturated heterocycles. The summed E-state index contributed by atoms with van der Waals surface area (Å²) in [4.78, 5) is 20.1.